The molecule has 39 heavy (non-hydrogen) atoms. The maximum atomic E-state index is 13.0. The number of benzene rings is 1. The number of allylic oxidation sites excluding steroid dienone is 1. The van der Waals surface area contributed by atoms with Gasteiger partial charge in [0.15, 0.2) is 17.1 Å². The first-order valence-corrected chi connectivity index (χ1v) is 15.2. The molecule has 8 nitrogen and oxygen atoms in total. The molecule has 3 aromatic rings. The number of fused-ring (bicyclic) bond motifs is 1. The highest BCUT2D eigenvalue weighted by Crippen LogP contribution is 2.40. The van der Waals surface area contributed by atoms with Crippen molar-refractivity contribution >= 4 is 63.2 Å². The minimum absolute atomic E-state index is 0.0753. The maximum Gasteiger partial charge on any atom is 0.341 e. The van der Waals surface area contributed by atoms with Crippen LogP contribution in [0.5, 0.6) is 5.75 Å². The molecule has 1 aliphatic rings. The van der Waals surface area contributed by atoms with Crippen molar-refractivity contribution in [3.8, 4) is 5.75 Å². The van der Waals surface area contributed by atoms with Gasteiger partial charge in [0.05, 0.1) is 22.9 Å². The molecule has 1 N–H and O–H groups in total. The van der Waals surface area contributed by atoms with Crippen molar-refractivity contribution < 1.29 is 19.1 Å². The molecule has 0 saturated carbocycles. The van der Waals surface area contributed by atoms with Crippen molar-refractivity contribution in [1.82, 2.24) is 14.8 Å². The van der Waals surface area contributed by atoms with Gasteiger partial charge in [-0.15, -0.1) is 28.1 Å². The number of ether oxygens (including phenoxy) is 2. The molecule has 0 saturated heterocycles. The molecule has 2 unspecified atom stereocenters. The van der Waals surface area contributed by atoms with Crippen molar-refractivity contribution in [1.29, 1.82) is 0 Å². The zero-order valence-corrected chi connectivity index (χ0v) is 25.1. The summed E-state index contributed by atoms with van der Waals surface area (Å²) in [5, 5.41) is 13.6. The molecule has 2 aromatic heterocycles. The zero-order chi connectivity index (χ0) is 28.1. The second kappa shape index (κ2) is 13.2. The van der Waals surface area contributed by atoms with E-state index >= 15 is 0 Å². The van der Waals surface area contributed by atoms with Gasteiger partial charge in [-0.05, 0) is 56.7 Å². The van der Waals surface area contributed by atoms with Crippen LogP contribution in [0, 0.1) is 5.92 Å². The Morgan fingerprint density at radius 2 is 2.15 bits per heavy atom. The molecule has 1 amide bonds. The van der Waals surface area contributed by atoms with Crippen molar-refractivity contribution in [3.05, 3.63) is 62.7 Å². The molecular formula is C27H30Cl2N4O4S2. The van der Waals surface area contributed by atoms with E-state index in [1.165, 1.54) is 23.1 Å². The fraction of sp³-hybridized carbons (Fsp3) is 0.407. The number of carbonyl (C=O) groups excluding carboxylic acids is 2. The SMILES string of the molecule is C=CCn1c(SCC(=O)Nc2sc3c(c2C(=O)OCC)CCC(C)C3)nnc1C(C)Oc1cc(Cl)ccc1Cl. The summed E-state index contributed by atoms with van der Waals surface area (Å²) in [6.07, 6.45) is 3.93. The Labute approximate surface area is 246 Å². The monoisotopic (exact) mass is 608 g/mol. The lowest BCUT2D eigenvalue weighted by Crippen LogP contribution is -2.18. The van der Waals surface area contributed by atoms with Gasteiger partial charge >= 0.3 is 5.97 Å². The number of thiophene rings is 1. The number of esters is 1. The molecule has 0 aliphatic heterocycles. The minimum atomic E-state index is -0.497. The van der Waals surface area contributed by atoms with E-state index in [1.54, 1.807) is 31.2 Å². The molecule has 12 heteroatoms. The van der Waals surface area contributed by atoms with Crippen LogP contribution in [-0.2, 0) is 28.9 Å². The predicted octanol–water partition coefficient (Wildman–Crippen LogP) is 7.00. The smallest absolute Gasteiger partial charge is 0.341 e. The topological polar surface area (TPSA) is 95.3 Å². The van der Waals surface area contributed by atoms with Crippen LogP contribution in [0.3, 0.4) is 0 Å². The summed E-state index contributed by atoms with van der Waals surface area (Å²) in [5.41, 5.74) is 1.49. The number of thioether (sulfide) groups is 1. The van der Waals surface area contributed by atoms with E-state index in [-0.39, 0.29) is 18.3 Å². The molecule has 1 aromatic carbocycles. The second-order valence-corrected chi connectivity index (χ2v) is 12.1. The number of amides is 1. The number of rotatable bonds is 11. The molecule has 1 aliphatic carbocycles. The molecular weight excluding hydrogens is 579 g/mol. The summed E-state index contributed by atoms with van der Waals surface area (Å²) in [4.78, 5) is 26.9. The van der Waals surface area contributed by atoms with Crippen molar-refractivity contribution in [3.63, 3.8) is 0 Å². The fourth-order valence-corrected chi connectivity index (χ4v) is 6.86. The van der Waals surface area contributed by atoms with Gasteiger partial charge in [0.1, 0.15) is 10.8 Å². The average Bonchev–Trinajstić information content (AvgIpc) is 3.45. The average molecular weight is 610 g/mol. The van der Waals surface area contributed by atoms with Gasteiger partial charge in [-0.2, -0.15) is 0 Å². The summed E-state index contributed by atoms with van der Waals surface area (Å²) in [6, 6.07) is 4.99. The summed E-state index contributed by atoms with van der Waals surface area (Å²) < 4.78 is 13.2. The number of aromatic nitrogens is 3. The van der Waals surface area contributed by atoms with Crippen LogP contribution in [0.2, 0.25) is 10.0 Å². The van der Waals surface area contributed by atoms with Gasteiger partial charge in [0.25, 0.3) is 0 Å². The molecule has 0 radical (unpaired) electrons. The van der Waals surface area contributed by atoms with Gasteiger partial charge in [0.2, 0.25) is 5.91 Å². The van der Waals surface area contributed by atoms with Crippen molar-refractivity contribution in [2.45, 2.75) is 57.8 Å². The predicted molar refractivity (Wildman–Crippen MR) is 157 cm³/mol. The third kappa shape index (κ3) is 6.98. The fourth-order valence-electron chi connectivity index (χ4n) is 4.37. The Morgan fingerprint density at radius 1 is 1.36 bits per heavy atom. The zero-order valence-electron chi connectivity index (χ0n) is 22.0. The highest BCUT2D eigenvalue weighted by Gasteiger charge is 2.29. The summed E-state index contributed by atoms with van der Waals surface area (Å²) in [5.74, 6) is 0.962. The van der Waals surface area contributed by atoms with Crippen LogP contribution in [0.4, 0.5) is 5.00 Å². The molecule has 2 heterocycles. The third-order valence-corrected chi connectivity index (χ3v) is 8.88. The van der Waals surface area contributed by atoms with Crippen molar-refractivity contribution in [2.75, 3.05) is 17.7 Å². The van der Waals surface area contributed by atoms with Gasteiger partial charge < -0.3 is 14.8 Å². The summed E-state index contributed by atoms with van der Waals surface area (Å²) >= 11 is 15.0. The van der Waals surface area contributed by atoms with Crippen LogP contribution in [0.25, 0.3) is 0 Å². The van der Waals surface area contributed by atoms with E-state index in [2.05, 4.69) is 29.0 Å². The van der Waals surface area contributed by atoms with Crippen LogP contribution in [-0.4, -0.2) is 39.0 Å². The van der Waals surface area contributed by atoms with Gasteiger partial charge in [-0.25, -0.2) is 4.79 Å². The summed E-state index contributed by atoms with van der Waals surface area (Å²) in [7, 11) is 0. The highest BCUT2D eigenvalue weighted by atomic mass is 35.5. The molecule has 4 rings (SSSR count). The standard InChI is InChI=1S/C27H30Cl2N4O4S2/c1-5-11-33-24(16(4)37-20-13-17(28)8-10-19(20)29)31-32-27(33)38-14-22(34)30-25-23(26(35)36-6-2)18-9-7-15(3)12-21(18)39-25/h5,8,10,13,15-16H,1,6-7,9,11-12,14H2,2-4H3,(H,30,34). The van der Waals surface area contributed by atoms with E-state index < -0.39 is 12.1 Å². The number of nitrogens with zero attached hydrogens (tertiary/aromatic N) is 3. The Bertz CT molecular complexity index is 1370. The number of anilines is 1. The van der Waals surface area contributed by atoms with Gasteiger partial charge in [-0.1, -0.05) is 48.0 Å². The quantitative estimate of drug-likeness (QED) is 0.142. The van der Waals surface area contributed by atoms with E-state index in [0.29, 0.717) is 49.8 Å². The van der Waals surface area contributed by atoms with Gasteiger partial charge in [-0.3, -0.25) is 9.36 Å². The normalized spacial score (nSPS) is 15.4. The van der Waals surface area contributed by atoms with Crippen LogP contribution in [0.15, 0.2) is 36.0 Å². The Morgan fingerprint density at radius 3 is 2.90 bits per heavy atom. The lowest BCUT2D eigenvalue weighted by atomic mass is 9.88. The maximum absolute atomic E-state index is 13.0. The van der Waals surface area contributed by atoms with Crippen LogP contribution in [0.1, 0.15) is 59.9 Å². The number of hydrogen-bond donors (Lipinski definition) is 1. The largest absolute Gasteiger partial charge is 0.481 e. The Balaban J connectivity index is 1.48. The van der Waals surface area contributed by atoms with Crippen molar-refractivity contribution in [2.24, 2.45) is 5.92 Å². The molecule has 0 fully saturated rings. The summed E-state index contributed by atoms with van der Waals surface area (Å²) in [6.45, 7) is 10.3. The van der Waals surface area contributed by atoms with Crippen LogP contribution < -0.4 is 10.1 Å². The first kappa shape index (κ1) is 29.5. The van der Waals surface area contributed by atoms with E-state index in [4.69, 9.17) is 32.7 Å². The molecule has 208 valence electrons. The van der Waals surface area contributed by atoms with Gasteiger partial charge in [0, 0.05) is 22.5 Å². The van der Waals surface area contributed by atoms with Crippen LogP contribution >= 0.6 is 46.3 Å². The number of nitrogens with one attached hydrogen (secondary N) is 1. The second-order valence-electron chi connectivity index (χ2n) is 9.19. The Kier molecular flexibility index (Phi) is 9.98. The molecule has 2 atom stereocenters. The molecule has 0 bridgehead atoms. The van der Waals surface area contributed by atoms with E-state index in [9.17, 15) is 9.59 Å². The lowest BCUT2D eigenvalue weighted by molar-refractivity contribution is -0.113. The number of carbonyl (C=O) groups is 2. The Hall–Kier alpha value is -2.53. The first-order chi connectivity index (χ1) is 18.7. The number of halogens is 2. The highest BCUT2D eigenvalue weighted by molar-refractivity contribution is 7.99. The number of hydrogen-bond acceptors (Lipinski definition) is 8. The van der Waals surface area contributed by atoms with E-state index in [1.807, 2.05) is 11.5 Å². The first-order valence-electron chi connectivity index (χ1n) is 12.6. The lowest BCUT2D eigenvalue weighted by Gasteiger charge is -2.18. The molecule has 0 spiro atoms. The van der Waals surface area contributed by atoms with E-state index in [0.717, 1.165) is 29.7 Å². The minimum Gasteiger partial charge on any atom is -0.481 e. The third-order valence-electron chi connectivity index (χ3n) is 6.19.